The third-order valence-corrected chi connectivity index (χ3v) is 4.22. The van der Waals surface area contributed by atoms with Crippen LogP contribution < -0.4 is 5.32 Å². The topological polar surface area (TPSA) is 56.1 Å². The summed E-state index contributed by atoms with van der Waals surface area (Å²) in [4.78, 5) is 14.2. The van der Waals surface area contributed by atoms with Gasteiger partial charge in [-0.05, 0) is 43.9 Å². The Hall–Kier alpha value is -1.86. The molecule has 1 N–H and O–H groups in total. The van der Waals surface area contributed by atoms with Gasteiger partial charge >= 0.3 is 0 Å². The predicted octanol–water partition coefficient (Wildman–Crippen LogP) is 2.81. The Bertz CT molecular complexity index is 539. The van der Waals surface area contributed by atoms with Gasteiger partial charge in [0.25, 0.3) is 0 Å². The van der Waals surface area contributed by atoms with E-state index in [1.165, 1.54) is 5.56 Å². The van der Waals surface area contributed by atoms with E-state index in [1.54, 1.807) is 0 Å². The van der Waals surface area contributed by atoms with Gasteiger partial charge in [-0.2, -0.15) is 5.26 Å². The van der Waals surface area contributed by atoms with Crippen LogP contribution in [0.4, 0.5) is 5.69 Å². The average molecular weight is 285 g/mol. The molecular weight excluding hydrogens is 262 g/mol. The normalized spacial score (nSPS) is 18.0. The van der Waals surface area contributed by atoms with Gasteiger partial charge in [0, 0.05) is 18.8 Å². The second kappa shape index (κ2) is 6.73. The highest BCUT2D eigenvalue weighted by Gasteiger charge is 2.30. The van der Waals surface area contributed by atoms with Crippen molar-refractivity contribution in [3.05, 3.63) is 29.8 Å². The van der Waals surface area contributed by atoms with E-state index in [1.807, 2.05) is 25.1 Å². The molecule has 1 aromatic rings. The maximum atomic E-state index is 12.1. The van der Waals surface area contributed by atoms with Crippen LogP contribution in [0.15, 0.2) is 24.3 Å². The Balaban J connectivity index is 1.84. The number of hydrogen-bond donors (Lipinski definition) is 1. The lowest BCUT2D eigenvalue weighted by Crippen LogP contribution is -2.42. The summed E-state index contributed by atoms with van der Waals surface area (Å²) in [6.45, 7) is 6.12. The van der Waals surface area contributed by atoms with Crippen molar-refractivity contribution in [2.75, 3.05) is 25.0 Å². The van der Waals surface area contributed by atoms with Gasteiger partial charge in [0.1, 0.15) is 0 Å². The summed E-state index contributed by atoms with van der Waals surface area (Å²) in [6.07, 6.45) is 2.63. The zero-order valence-corrected chi connectivity index (χ0v) is 12.9. The van der Waals surface area contributed by atoms with Crippen LogP contribution in [-0.4, -0.2) is 30.4 Å². The number of nitrogens with one attached hydrogen (secondary N) is 1. The second-order valence-electron chi connectivity index (χ2n) is 6.05. The molecule has 0 bridgehead atoms. The van der Waals surface area contributed by atoms with Gasteiger partial charge in [-0.25, -0.2) is 0 Å². The Morgan fingerprint density at radius 2 is 2.14 bits per heavy atom. The van der Waals surface area contributed by atoms with Crippen LogP contribution in [-0.2, 0) is 11.2 Å². The summed E-state index contributed by atoms with van der Waals surface area (Å²) in [6, 6.07) is 10.3. The Kier molecular flexibility index (Phi) is 4.98. The molecule has 0 unspecified atom stereocenters. The molecule has 112 valence electrons. The quantitative estimate of drug-likeness (QED) is 0.925. The average Bonchev–Trinajstić information content (AvgIpc) is 2.50. The van der Waals surface area contributed by atoms with Gasteiger partial charge in [0.05, 0.1) is 18.0 Å². The van der Waals surface area contributed by atoms with Crippen molar-refractivity contribution in [2.24, 2.45) is 5.41 Å². The molecule has 1 aliphatic heterocycles. The summed E-state index contributed by atoms with van der Waals surface area (Å²) in [5.74, 6) is 0.0174. The van der Waals surface area contributed by atoms with E-state index in [4.69, 9.17) is 5.26 Å². The van der Waals surface area contributed by atoms with Gasteiger partial charge in [0.15, 0.2) is 0 Å². The van der Waals surface area contributed by atoms with E-state index in [0.29, 0.717) is 6.54 Å². The molecule has 1 aromatic carbocycles. The molecule has 4 nitrogen and oxygen atoms in total. The Morgan fingerprint density at radius 3 is 2.76 bits per heavy atom. The number of carbonyl (C=O) groups is 1. The molecule has 1 amide bonds. The van der Waals surface area contributed by atoms with Crippen molar-refractivity contribution in [3.63, 3.8) is 0 Å². The third kappa shape index (κ3) is 4.30. The first kappa shape index (κ1) is 15.5. The molecule has 1 aliphatic rings. The monoisotopic (exact) mass is 285 g/mol. The minimum absolute atomic E-state index is 0.0174. The molecule has 1 saturated heterocycles. The maximum absolute atomic E-state index is 12.1. The standard InChI is InChI=1S/C17H23N3O/c1-3-14-5-4-6-15(11-14)19-16(21)12-20-9-7-17(2,13-18)8-10-20/h4-6,11H,3,7-10,12H2,1-2H3,(H,19,21). The number of nitrogens with zero attached hydrogens (tertiary/aromatic N) is 2. The lowest BCUT2D eigenvalue weighted by atomic mass is 9.82. The first-order valence-electron chi connectivity index (χ1n) is 7.57. The molecule has 0 radical (unpaired) electrons. The number of piperidine rings is 1. The largest absolute Gasteiger partial charge is 0.325 e. The summed E-state index contributed by atoms with van der Waals surface area (Å²) in [7, 11) is 0. The van der Waals surface area contributed by atoms with E-state index < -0.39 is 0 Å². The van der Waals surface area contributed by atoms with Crippen LogP contribution in [0.5, 0.6) is 0 Å². The zero-order chi connectivity index (χ0) is 15.3. The zero-order valence-electron chi connectivity index (χ0n) is 12.9. The van der Waals surface area contributed by atoms with Gasteiger partial charge < -0.3 is 5.32 Å². The number of likely N-dealkylation sites (tertiary alicyclic amines) is 1. The number of benzene rings is 1. The summed E-state index contributed by atoms with van der Waals surface area (Å²) in [5.41, 5.74) is 1.86. The molecule has 21 heavy (non-hydrogen) atoms. The molecule has 0 atom stereocenters. The van der Waals surface area contributed by atoms with Crippen LogP contribution in [0, 0.1) is 16.7 Å². The molecule has 0 saturated carbocycles. The number of anilines is 1. The highest BCUT2D eigenvalue weighted by Crippen LogP contribution is 2.29. The van der Waals surface area contributed by atoms with E-state index in [9.17, 15) is 4.79 Å². The highest BCUT2D eigenvalue weighted by molar-refractivity contribution is 5.92. The number of carbonyl (C=O) groups excluding carboxylic acids is 1. The Morgan fingerprint density at radius 1 is 1.43 bits per heavy atom. The smallest absolute Gasteiger partial charge is 0.238 e. The number of nitriles is 1. The molecule has 1 heterocycles. The SMILES string of the molecule is CCc1cccc(NC(=O)CN2CCC(C)(C#N)CC2)c1. The first-order chi connectivity index (χ1) is 10.0. The van der Waals surface area contributed by atoms with Crippen LogP contribution >= 0.6 is 0 Å². The Labute approximate surface area is 126 Å². The third-order valence-electron chi connectivity index (χ3n) is 4.22. The number of aryl methyl sites for hydroxylation is 1. The van der Waals surface area contributed by atoms with Crippen molar-refractivity contribution in [3.8, 4) is 6.07 Å². The fourth-order valence-corrected chi connectivity index (χ4v) is 2.59. The fraction of sp³-hybridized carbons (Fsp3) is 0.529. The lowest BCUT2D eigenvalue weighted by molar-refractivity contribution is -0.117. The highest BCUT2D eigenvalue weighted by atomic mass is 16.2. The van der Waals surface area contributed by atoms with Gasteiger partial charge in [-0.1, -0.05) is 19.1 Å². The van der Waals surface area contributed by atoms with Gasteiger partial charge in [-0.3, -0.25) is 9.69 Å². The maximum Gasteiger partial charge on any atom is 0.238 e. The summed E-state index contributed by atoms with van der Waals surface area (Å²) < 4.78 is 0. The van der Waals surface area contributed by atoms with E-state index in [-0.39, 0.29) is 11.3 Å². The van der Waals surface area contributed by atoms with Crippen LogP contribution in [0.3, 0.4) is 0 Å². The molecule has 0 aliphatic carbocycles. The van der Waals surface area contributed by atoms with Gasteiger partial charge in [0.2, 0.25) is 5.91 Å². The van der Waals surface area contributed by atoms with E-state index >= 15 is 0 Å². The van der Waals surface area contributed by atoms with E-state index in [0.717, 1.165) is 38.0 Å². The molecular formula is C17H23N3O. The first-order valence-corrected chi connectivity index (χ1v) is 7.57. The number of hydrogen-bond acceptors (Lipinski definition) is 3. The molecule has 0 spiro atoms. The molecule has 4 heteroatoms. The minimum Gasteiger partial charge on any atom is -0.325 e. The van der Waals surface area contributed by atoms with E-state index in [2.05, 4.69) is 29.3 Å². The molecule has 1 fully saturated rings. The second-order valence-corrected chi connectivity index (χ2v) is 6.05. The number of rotatable bonds is 4. The van der Waals surface area contributed by atoms with Crippen LogP contribution in [0.25, 0.3) is 0 Å². The van der Waals surface area contributed by atoms with Crippen molar-refractivity contribution in [2.45, 2.75) is 33.1 Å². The van der Waals surface area contributed by atoms with Crippen molar-refractivity contribution >= 4 is 11.6 Å². The summed E-state index contributed by atoms with van der Waals surface area (Å²) in [5, 5.41) is 12.1. The molecule has 0 aromatic heterocycles. The lowest BCUT2D eigenvalue weighted by Gasteiger charge is -2.34. The van der Waals surface area contributed by atoms with Gasteiger partial charge in [-0.15, -0.1) is 0 Å². The fourth-order valence-electron chi connectivity index (χ4n) is 2.59. The van der Waals surface area contributed by atoms with Crippen LogP contribution in [0.2, 0.25) is 0 Å². The number of amides is 1. The van der Waals surface area contributed by atoms with Crippen molar-refractivity contribution in [1.29, 1.82) is 5.26 Å². The van der Waals surface area contributed by atoms with Crippen molar-refractivity contribution < 1.29 is 4.79 Å². The van der Waals surface area contributed by atoms with Crippen LogP contribution in [0.1, 0.15) is 32.3 Å². The molecule has 2 rings (SSSR count). The predicted molar refractivity (Wildman–Crippen MR) is 83.8 cm³/mol. The van der Waals surface area contributed by atoms with Crippen molar-refractivity contribution in [1.82, 2.24) is 4.90 Å². The summed E-state index contributed by atoms with van der Waals surface area (Å²) >= 11 is 0. The minimum atomic E-state index is -0.220.